The summed E-state index contributed by atoms with van der Waals surface area (Å²) in [4.78, 5) is 26.4. The van der Waals surface area contributed by atoms with Gasteiger partial charge in [-0.3, -0.25) is 9.59 Å². The number of hydrogen-bond donors (Lipinski definition) is 1. The topological polar surface area (TPSA) is 49.4 Å². The molecule has 6 heteroatoms. The van der Waals surface area contributed by atoms with Crippen molar-refractivity contribution in [3.63, 3.8) is 0 Å². The molecule has 4 nitrogen and oxygen atoms in total. The Morgan fingerprint density at radius 2 is 2.04 bits per heavy atom. The van der Waals surface area contributed by atoms with Crippen LogP contribution in [0.1, 0.15) is 51.6 Å². The fourth-order valence-corrected chi connectivity index (χ4v) is 3.09. The second-order valence-corrected chi connectivity index (χ2v) is 6.48. The largest absolute Gasteiger partial charge is 0.347 e. The van der Waals surface area contributed by atoms with Crippen molar-refractivity contribution >= 4 is 11.8 Å². The quantitative estimate of drug-likeness (QED) is 0.896. The zero-order valence-corrected chi connectivity index (χ0v) is 14.3. The molecular weight excluding hydrogens is 314 g/mol. The van der Waals surface area contributed by atoms with Gasteiger partial charge in [0, 0.05) is 24.1 Å². The highest BCUT2D eigenvalue weighted by Gasteiger charge is 2.35. The molecule has 132 valence electrons. The summed E-state index contributed by atoms with van der Waals surface area (Å²) in [5.41, 5.74) is 0.256. The van der Waals surface area contributed by atoms with Crippen LogP contribution in [0.3, 0.4) is 0 Å². The molecule has 1 saturated heterocycles. The highest BCUT2D eigenvalue weighted by atomic mass is 19.1. The number of rotatable bonds is 5. The van der Waals surface area contributed by atoms with E-state index in [0.717, 1.165) is 12.5 Å². The number of nitrogens with zero attached hydrogens (tertiary/aromatic N) is 1. The summed E-state index contributed by atoms with van der Waals surface area (Å²) in [6.07, 6.45) is 1.85. The van der Waals surface area contributed by atoms with E-state index >= 15 is 0 Å². The average molecular weight is 338 g/mol. The van der Waals surface area contributed by atoms with E-state index in [1.165, 1.54) is 12.1 Å². The summed E-state index contributed by atoms with van der Waals surface area (Å²) in [5.74, 6) is -1.83. The summed E-state index contributed by atoms with van der Waals surface area (Å²) >= 11 is 0. The Kier molecular flexibility index (Phi) is 5.91. The highest BCUT2D eigenvalue weighted by Crippen LogP contribution is 2.24. The molecule has 1 aromatic rings. The number of halogens is 2. The van der Waals surface area contributed by atoms with Crippen molar-refractivity contribution in [3.05, 3.63) is 35.4 Å². The minimum absolute atomic E-state index is 0.0475. The van der Waals surface area contributed by atoms with E-state index in [-0.39, 0.29) is 23.3 Å². The monoisotopic (exact) mass is 338 g/mol. The zero-order chi connectivity index (χ0) is 17.9. The number of amides is 2. The van der Waals surface area contributed by atoms with Crippen molar-refractivity contribution in [3.8, 4) is 0 Å². The summed E-state index contributed by atoms with van der Waals surface area (Å²) < 4.78 is 27.0. The van der Waals surface area contributed by atoms with Gasteiger partial charge in [-0.25, -0.2) is 8.78 Å². The predicted octanol–water partition coefficient (Wildman–Crippen LogP) is 3.18. The van der Waals surface area contributed by atoms with E-state index in [1.54, 1.807) is 18.7 Å². The van der Waals surface area contributed by atoms with Gasteiger partial charge in [-0.05, 0) is 25.3 Å². The minimum atomic E-state index is -0.677. The van der Waals surface area contributed by atoms with E-state index in [4.69, 9.17) is 0 Å². The predicted molar refractivity (Wildman–Crippen MR) is 87.1 cm³/mol. The van der Waals surface area contributed by atoms with Crippen LogP contribution in [0, 0.1) is 17.6 Å². The Morgan fingerprint density at radius 3 is 2.62 bits per heavy atom. The molecule has 2 rings (SSSR count). The van der Waals surface area contributed by atoms with Crippen molar-refractivity contribution in [2.24, 2.45) is 5.92 Å². The van der Waals surface area contributed by atoms with Crippen molar-refractivity contribution in [1.29, 1.82) is 0 Å². The third-order valence-electron chi connectivity index (χ3n) is 4.40. The van der Waals surface area contributed by atoms with Crippen LogP contribution < -0.4 is 5.32 Å². The van der Waals surface area contributed by atoms with Gasteiger partial charge in [0.15, 0.2) is 0 Å². The molecule has 0 saturated carbocycles. The van der Waals surface area contributed by atoms with E-state index in [1.807, 2.05) is 6.92 Å². The Balaban J connectivity index is 2.12. The third-order valence-corrected chi connectivity index (χ3v) is 4.40. The second-order valence-electron chi connectivity index (χ2n) is 6.48. The van der Waals surface area contributed by atoms with E-state index in [9.17, 15) is 18.4 Å². The molecule has 1 fully saturated rings. The Morgan fingerprint density at radius 1 is 1.33 bits per heavy atom. The van der Waals surface area contributed by atoms with E-state index < -0.39 is 23.7 Å². The number of likely N-dealkylation sites (tertiary alicyclic amines) is 1. The Labute approximate surface area is 141 Å². The van der Waals surface area contributed by atoms with Gasteiger partial charge in [0.25, 0.3) is 0 Å². The van der Waals surface area contributed by atoms with Crippen molar-refractivity contribution in [2.45, 2.75) is 52.1 Å². The first kappa shape index (κ1) is 18.4. The van der Waals surface area contributed by atoms with Crippen LogP contribution in [0.5, 0.6) is 0 Å². The lowest BCUT2D eigenvalue weighted by atomic mass is 10.0. The number of nitrogens with one attached hydrogen (secondary N) is 1. The summed E-state index contributed by atoms with van der Waals surface area (Å²) in [7, 11) is 0. The first-order chi connectivity index (χ1) is 11.3. The molecule has 1 N–H and O–H groups in total. The van der Waals surface area contributed by atoms with Gasteiger partial charge in [0.1, 0.15) is 17.7 Å². The number of carbonyl (C=O) groups excluding carboxylic acids is 2. The maximum Gasteiger partial charge on any atom is 0.243 e. The zero-order valence-electron chi connectivity index (χ0n) is 14.3. The number of benzene rings is 1. The maximum absolute atomic E-state index is 14.0. The van der Waals surface area contributed by atoms with Gasteiger partial charge in [0.2, 0.25) is 11.8 Å². The van der Waals surface area contributed by atoms with Crippen LogP contribution in [0.15, 0.2) is 18.2 Å². The lowest BCUT2D eigenvalue weighted by molar-refractivity contribution is -0.141. The van der Waals surface area contributed by atoms with Crippen molar-refractivity contribution < 1.29 is 18.4 Å². The molecule has 0 bridgehead atoms. The first-order valence-corrected chi connectivity index (χ1v) is 8.41. The normalized spacial score (nSPS) is 18.8. The van der Waals surface area contributed by atoms with Crippen LogP contribution in [0.2, 0.25) is 0 Å². The fraction of sp³-hybridized carbons (Fsp3) is 0.556. The molecule has 2 amide bonds. The summed E-state index contributed by atoms with van der Waals surface area (Å²) in [6.45, 7) is 5.99. The molecule has 2 atom stereocenters. The van der Waals surface area contributed by atoms with Crippen LogP contribution in [-0.4, -0.2) is 29.3 Å². The molecule has 24 heavy (non-hydrogen) atoms. The van der Waals surface area contributed by atoms with Crippen molar-refractivity contribution in [2.75, 3.05) is 6.54 Å². The average Bonchev–Trinajstić information content (AvgIpc) is 3.01. The Hall–Kier alpha value is -1.98. The van der Waals surface area contributed by atoms with E-state index in [0.29, 0.717) is 19.4 Å². The fourth-order valence-electron chi connectivity index (χ4n) is 3.09. The van der Waals surface area contributed by atoms with E-state index in [2.05, 4.69) is 5.32 Å². The molecule has 1 aliphatic heterocycles. The van der Waals surface area contributed by atoms with Gasteiger partial charge >= 0.3 is 0 Å². The van der Waals surface area contributed by atoms with Gasteiger partial charge in [-0.15, -0.1) is 0 Å². The molecule has 0 aliphatic carbocycles. The number of hydrogen-bond acceptors (Lipinski definition) is 2. The molecule has 1 heterocycles. The van der Waals surface area contributed by atoms with Crippen LogP contribution in [-0.2, 0) is 9.59 Å². The summed E-state index contributed by atoms with van der Waals surface area (Å²) in [5, 5.41) is 2.81. The van der Waals surface area contributed by atoms with Gasteiger partial charge in [0.05, 0.1) is 6.04 Å². The van der Waals surface area contributed by atoms with Gasteiger partial charge in [-0.2, -0.15) is 0 Å². The SMILES string of the molecule is CC[C@H](NC(=O)[C@H]1CCCN1C(=O)C(C)C)c1ccc(F)cc1F. The molecule has 0 spiro atoms. The summed E-state index contributed by atoms with van der Waals surface area (Å²) in [6, 6.07) is 2.28. The van der Waals surface area contributed by atoms with Crippen LogP contribution >= 0.6 is 0 Å². The second kappa shape index (κ2) is 7.73. The molecule has 0 radical (unpaired) electrons. The van der Waals surface area contributed by atoms with Gasteiger partial charge < -0.3 is 10.2 Å². The minimum Gasteiger partial charge on any atom is -0.347 e. The molecule has 0 unspecified atom stereocenters. The van der Waals surface area contributed by atoms with Crippen molar-refractivity contribution in [1.82, 2.24) is 10.2 Å². The molecule has 0 aromatic heterocycles. The smallest absolute Gasteiger partial charge is 0.243 e. The first-order valence-electron chi connectivity index (χ1n) is 8.41. The molecular formula is C18H24F2N2O2. The lowest BCUT2D eigenvalue weighted by Gasteiger charge is -2.27. The highest BCUT2D eigenvalue weighted by molar-refractivity contribution is 5.89. The Bertz CT molecular complexity index is 619. The molecule has 1 aromatic carbocycles. The maximum atomic E-state index is 14.0. The van der Waals surface area contributed by atoms with Crippen LogP contribution in [0.25, 0.3) is 0 Å². The van der Waals surface area contributed by atoms with Crippen LogP contribution in [0.4, 0.5) is 8.78 Å². The molecule has 1 aliphatic rings. The third kappa shape index (κ3) is 3.91. The lowest BCUT2D eigenvalue weighted by Crippen LogP contribution is -2.48. The number of carbonyl (C=O) groups is 2. The standard InChI is InChI=1S/C18H24F2N2O2/c1-4-15(13-8-7-12(19)10-14(13)20)21-17(23)16-6-5-9-22(16)18(24)11(2)3/h7-8,10-11,15-16H,4-6,9H2,1-3H3,(H,21,23)/t15-,16+/m0/s1. The van der Waals surface area contributed by atoms with Gasteiger partial charge in [-0.1, -0.05) is 26.8 Å².